The van der Waals surface area contributed by atoms with E-state index in [1.54, 1.807) is 0 Å². The molecule has 0 heterocycles. The topological polar surface area (TPSA) is 47.9 Å². The number of hydrogen-bond donors (Lipinski definition) is 0. The number of halogens is 2. The Labute approximate surface area is 203 Å². The van der Waals surface area contributed by atoms with Gasteiger partial charge in [0.1, 0.15) is 6.61 Å². The molecule has 32 heavy (non-hydrogen) atoms. The molecule has 0 unspecified atom stereocenters. The number of methoxy groups -OCH3 is 1. The van der Waals surface area contributed by atoms with Crippen LogP contribution < -0.4 is 0 Å². The van der Waals surface area contributed by atoms with Crippen LogP contribution in [0.2, 0.25) is 10.0 Å². The predicted molar refractivity (Wildman–Crippen MR) is 132 cm³/mol. The molecular weight excluding hydrogens is 445 g/mol. The van der Waals surface area contributed by atoms with Gasteiger partial charge in [-0.2, -0.15) is 0 Å². The fraction of sp³-hybridized carbons (Fsp3) is 0.692. The number of hydrogen-bond acceptors (Lipinski definition) is 4. The van der Waals surface area contributed by atoms with E-state index in [0.29, 0.717) is 29.0 Å². The van der Waals surface area contributed by atoms with Gasteiger partial charge in [-0.05, 0) is 73.0 Å². The zero-order chi connectivity index (χ0) is 23.8. The number of oxime groups is 1. The van der Waals surface area contributed by atoms with Gasteiger partial charge in [-0.3, -0.25) is 4.79 Å². The molecule has 4 nitrogen and oxygen atoms in total. The summed E-state index contributed by atoms with van der Waals surface area (Å²) in [5, 5.41) is 5.94. The number of rotatable bonds is 6. The van der Waals surface area contributed by atoms with Gasteiger partial charge >= 0.3 is 5.97 Å². The SMILES string of the molecule is COC(=O)[C@]1(C)CCC[C@]2(C)c3cc(Cl)c(C(C)C)c(Cl)c3/C(=N/OCCC(C)C)C[C@@H]12. The number of nitrogens with zero attached hydrogens (tertiary/aromatic N) is 1. The van der Waals surface area contributed by atoms with Gasteiger partial charge in [0.15, 0.2) is 0 Å². The van der Waals surface area contributed by atoms with E-state index < -0.39 is 5.41 Å². The third-order valence-electron chi connectivity index (χ3n) is 7.68. The van der Waals surface area contributed by atoms with Crippen LogP contribution >= 0.6 is 23.2 Å². The van der Waals surface area contributed by atoms with Crippen LogP contribution in [-0.2, 0) is 19.8 Å². The van der Waals surface area contributed by atoms with Crippen molar-refractivity contribution >= 4 is 34.9 Å². The van der Waals surface area contributed by atoms with Gasteiger partial charge in [0.25, 0.3) is 0 Å². The van der Waals surface area contributed by atoms with Crippen LogP contribution in [0.25, 0.3) is 0 Å². The summed E-state index contributed by atoms with van der Waals surface area (Å²) in [6.45, 7) is 13.3. The molecule has 0 radical (unpaired) electrons. The highest BCUT2D eigenvalue weighted by atomic mass is 35.5. The lowest BCUT2D eigenvalue weighted by molar-refractivity contribution is -0.160. The summed E-state index contributed by atoms with van der Waals surface area (Å²) < 4.78 is 5.27. The standard InChI is InChI=1S/C26H37Cl2NO3/c1-15(2)9-12-32-29-19-14-20-25(5,10-8-11-26(20,6)24(30)31-7)17-13-18(27)21(16(3)4)23(28)22(17)19/h13,15-16,20H,8-12,14H2,1-7H3/b29-19+/t20-,25-,26-/m1/s1. The number of benzene rings is 1. The number of carbonyl (C=O) groups is 1. The first-order valence-corrected chi connectivity index (χ1v) is 12.5. The predicted octanol–water partition coefficient (Wildman–Crippen LogP) is 7.52. The average Bonchev–Trinajstić information content (AvgIpc) is 2.71. The van der Waals surface area contributed by atoms with Crippen molar-refractivity contribution in [3.63, 3.8) is 0 Å². The van der Waals surface area contributed by atoms with E-state index in [1.165, 1.54) is 7.11 Å². The minimum Gasteiger partial charge on any atom is -0.469 e. The Kier molecular flexibility index (Phi) is 7.56. The monoisotopic (exact) mass is 481 g/mol. The molecule has 2 aliphatic carbocycles. The van der Waals surface area contributed by atoms with Gasteiger partial charge in [-0.1, -0.05) is 69.4 Å². The molecule has 0 amide bonds. The lowest BCUT2D eigenvalue weighted by atomic mass is 9.49. The Morgan fingerprint density at radius 2 is 1.91 bits per heavy atom. The van der Waals surface area contributed by atoms with Crippen LogP contribution in [0.5, 0.6) is 0 Å². The number of fused-ring (bicyclic) bond motifs is 3. The summed E-state index contributed by atoms with van der Waals surface area (Å²) in [6.07, 6.45) is 4.25. The molecule has 0 N–H and O–H groups in total. The van der Waals surface area contributed by atoms with Crippen LogP contribution in [-0.4, -0.2) is 25.4 Å². The van der Waals surface area contributed by atoms with Gasteiger partial charge in [-0.25, -0.2) is 0 Å². The second-order valence-corrected chi connectivity index (χ2v) is 11.4. The Bertz CT molecular complexity index is 911. The molecular formula is C26H37Cl2NO3. The fourth-order valence-corrected chi connectivity index (χ4v) is 6.81. The summed E-state index contributed by atoms with van der Waals surface area (Å²) in [6, 6.07) is 2.07. The molecule has 178 valence electrons. The molecule has 0 aliphatic heterocycles. The van der Waals surface area contributed by atoms with E-state index in [9.17, 15) is 4.79 Å². The quantitative estimate of drug-likeness (QED) is 0.239. The summed E-state index contributed by atoms with van der Waals surface area (Å²) in [5.74, 6) is 0.579. The van der Waals surface area contributed by atoms with Crippen LogP contribution in [0, 0.1) is 17.3 Å². The zero-order valence-electron chi connectivity index (χ0n) is 20.5. The van der Waals surface area contributed by atoms with Crippen molar-refractivity contribution in [2.24, 2.45) is 22.4 Å². The lowest BCUT2D eigenvalue weighted by Gasteiger charge is -2.54. The van der Waals surface area contributed by atoms with E-state index >= 15 is 0 Å². The normalized spacial score (nSPS) is 28.6. The lowest BCUT2D eigenvalue weighted by Crippen LogP contribution is -2.54. The van der Waals surface area contributed by atoms with Crippen LogP contribution in [0.4, 0.5) is 0 Å². The zero-order valence-corrected chi connectivity index (χ0v) is 22.0. The second kappa shape index (κ2) is 9.54. The molecule has 0 aromatic heterocycles. The van der Waals surface area contributed by atoms with Crippen LogP contribution in [0.3, 0.4) is 0 Å². The summed E-state index contributed by atoms with van der Waals surface area (Å²) in [5.41, 5.74) is 2.91. The first-order valence-electron chi connectivity index (χ1n) is 11.8. The fourth-order valence-electron chi connectivity index (χ4n) is 5.81. The highest BCUT2D eigenvalue weighted by Gasteiger charge is 2.57. The van der Waals surface area contributed by atoms with Crippen molar-refractivity contribution in [1.29, 1.82) is 0 Å². The summed E-state index contributed by atoms with van der Waals surface area (Å²) in [4.78, 5) is 18.7. The molecule has 1 aromatic carbocycles. The van der Waals surface area contributed by atoms with E-state index in [4.69, 9.17) is 32.8 Å². The first-order chi connectivity index (χ1) is 15.0. The van der Waals surface area contributed by atoms with E-state index in [-0.39, 0.29) is 23.2 Å². The van der Waals surface area contributed by atoms with Gasteiger partial charge < -0.3 is 9.57 Å². The minimum absolute atomic E-state index is 0.0215. The number of ether oxygens (including phenoxy) is 1. The molecule has 2 aliphatic rings. The maximum absolute atomic E-state index is 13.0. The number of esters is 1. The molecule has 0 spiro atoms. The molecule has 1 fully saturated rings. The third-order valence-corrected chi connectivity index (χ3v) is 8.38. The van der Waals surface area contributed by atoms with Gasteiger partial charge in [-0.15, -0.1) is 0 Å². The second-order valence-electron chi connectivity index (χ2n) is 10.7. The Morgan fingerprint density at radius 3 is 2.50 bits per heavy atom. The highest BCUT2D eigenvalue weighted by Crippen LogP contribution is 2.59. The summed E-state index contributed by atoms with van der Waals surface area (Å²) >= 11 is 13.8. The maximum atomic E-state index is 13.0. The van der Waals surface area contributed by atoms with Crippen molar-refractivity contribution < 1.29 is 14.4 Å². The Hall–Kier alpha value is -1.26. The Balaban J connectivity index is 2.20. The van der Waals surface area contributed by atoms with Crippen molar-refractivity contribution in [3.8, 4) is 0 Å². The van der Waals surface area contributed by atoms with Crippen molar-refractivity contribution in [3.05, 3.63) is 32.8 Å². The van der Waals surface area contributed by atoms with Crippen molar-refractivity contribution in [2.75, 3.05) is 13.7 Å². The molecule has 6 heteroatoms. The molecule has 3 atom stereocenters. The van der Waals surface area contributed by atoms with Crippen molar-refractivity contribution in [1.82, 2.24) is 0 Å². The van der Waals surface area contributed by atoms with E-state index in [1.807, 2.05) is 6.92 Å². The number of carbonyl (C=O) groups excluding carboxylic acids is 1. The highest BCUT2D eigenvalue weighted by molar-refractivity contribution is 6.39. The Morgan fingerprint density at radius 1 is 1.22 bits per heavy atom. The minimum atomic E-state index is -0.603. The van der Waals surface area contributed by atoms with Crippen LogP contribution in [0.1, 0.15) is 96.3 Å². The molecule has 3 rings (SSSR count). The third kappa shape index (κ3) is 4.30. The van der Waals surface area contributed by atoms with Gasteiger partial charge in [0, 0.05) is 10.6 Å². The average molecular weight is 482 g/mol. The smallest absolute Gasteiger partial charge is 0.311 e. The van der Waals surface area contributed by atoms with Gasteiger partial charge in [0.2, 0.25) is 0 Å². The van der Waals surface area contributed by atoms with E-state index in [2.05, 4.69) is 45.8 Å². The molecule has 0 bridgehead atoms. The summed E-state index contributed by atoms with van der Waals surface area (Å²) in [7, 11) is 1.48. The molecule has 1 aromatic rings. The van der Waals surface area contributed by atoms with Crippen molar-refractivity contribution in [2.45, 2.75) is 85.0 Å². The van der Waals surface area contributed by atoms with Gasteiger partial charge in [0.05, 0.1) is 23.3 Å². The molecule has 0 saturated heterocycles. The van der Waals surface area contributed by atoms with Crippen LogP contribution in [0.15, 0.2) is 11.2 Å². The maximum Gasteiger partial charge on any atom is 0.311 e. The molecule has 1 saturated carbocycles. The first kappa shape index (κ1) is 25.4. The van der Waals surface area contributed by atoms with E-state index in [0.717, 1.165) is 48.1 Å². The largest absolute Gasteiger partial charge is 0.469 e.